The van der Waals surface area contributed by atoms with Gasteiger partial charge in [0.15, 0.2) is 0 Å². The van der Waals surface area contributed by atoms with Gasteiger partial charge < -0.3 is 10.2 Å². The van der Waals surface area contributed by atoms with Gasteiger partial charge in [-0.1, -0.05) is 43.7 Å². The first kappa shape index (κ1) is 13.6. The van der Waals surface area contributed by atoms with Gasteiger partial charge in [-0.3, -0.25) is 0 Å². The summed E-state index contributed by atoms with van der Waals surface area (Å²) in [4.78, 5) is 2.59. The van der Waals surface area contributed by atoms with Gasteiger partial charge in [0.05, 0.1) is 0 Å². The van der Waals surface area contributed by atoms with E-state index in [4.69, 9.17) is 0 Å². The number of piperazine rings is 1. The van der Waals surface area contributed by atoms with E-state index in [1.165, 1.54) is 30.8 Å². The van der Waals surface area contributed by atoms with E-state index in [9.17, 15) is 0 Å². The molecule has 2 rings (SSSR count). The van der Waals surface area contributed by atoms with Crippen molar-refractivity contribution >= 4 is 0 Å². The predicted octanol–water partition coefficient (Wildman–Crippen LogP) is 2.47. The number of nitrogens with zero attached hydrogens (tertiary/aromatic N) is 1. The number of benzene rings is 1. The first-order chi connectivity index (χ1) is 8.55. The highest BCUT2D eigenvalue weighted by atomic mass is 15.2. The summed E-state index contributed by atoms with van der Waals surface area (Å²) in [5.41, 5.74) is 3.16. The molecular weight excluding hydrogens is 220 g/mol. The lowest BCUT2D eigenvalue weighted by Gasteiger charge is -2.35. The second-order valence-electron chi connectivity index (χ2n) is 6.35. The Balaban J connectivity index is 1.91. The fourth-order valence-electron chi connectivity index (χ4n) is 2.79. The third kappa shape index (κ3) is 4.11. The molecule has 0 atom stereocenters. The first-order valence-corrected chi connectivity index (χ1v) is 7.04. The van der Waals surface area contributed by atoms with Crippen LogP contribution in [0.15, 0.2) is 24.3 Å². The topological polar surface area (TPSA) is 15.3 Å². The molecule has 1 heterocycles. The van der Waals surface area contributed by atoms with Crippen LogP contribution < -0.4 is 5.32 Å². The molecule has 1 aromatic carbocycles. The quantitative estimate of drug-likeness (QED) is 0.878. The zero-order chi connectivity index (χ0) is 13.0. The molecule has 1 saturated heterocycles. The molecule has 100 valence electrons. The molecule has 2 heteroatoms. The van der Waals surface area contributed by atoms with Crippen molar-refractivity contribution in [2.24, 2.45) is 5.41 Å². The normalized spacial score (nSPS) is 17.9. The van der Waals surface area contributed by atoms with Crippen LogP contribution in [-0.4, -0.2) is 37.6 Å². The Bertz CT molecular complexity index is 361. The van der Waals surface area contributed by atoms with Crippen molar-refractivity contribution in [2.75, 3.05) is 32.7 Å². The van der Waals surface area contributed by atoms with Crippen LogP contribution in [0.1, 0.15) is 25.0 Å². The van der Waals surface area contributed by atoms with Gasteiger partial charge in [0.25, 0.3) is 0 Å². The summed E-state index contributed by atoms with van der Waals surface area (Å²) >= 11 is 0. The van der Waals surface area contributed by atoms with Crippen molar-refractivity contribution in [3.05, 3.63) is 35.4 Å². The molecule has 1 N–H and O–H groups in total. The lowest BCUT2D eigenvalue weighted by atomic mass is 9.85. The van der Waals surface area contributed by atoms with Crippen molar-refractivity contribution in [1.29, 1.82) is 0 Å². The maximum Gasteiger partial charge on any atom is 0.0108 e. The highest BCUT2D eigenvalue weighted by Crippen LogP contribution is 2.23. The van der Waals surface area contributed by atoms with Gasteiger partial charge in [-0.15, -0.1) is 0 Å². The Kier molecular flexibility index (Phi) is 4.41. The van der Waals surface area contributed by atoms with E-state index >= 15 is 0 Å². The summed E-state index contributed by atoms with van der Waals surface area (Å²) < 4.78 is 0. The molecule has 2 nitrogen and oxygen atoms in total. The molecule has 1 aliphatic heterocycles. The SMILES string of the molecule is Cc1ccc(CC(C)(C)CN2CCNCC2)cc1. The van der Waals surface area contributed by atoms with Gasteiger partial charge in [-0.2, -0.15) is 0 Å². The summed E-state index contributed by atoms with van der Waals surface area (Å²) in [5.74, 6) is 0. The highest BCUT2D eigenvalue weighted by molar-refractivity contribution is 5.22. The third-order valence-corrected chi connectivity index (χ3v) is 3.66. The standard InChI is InChI=1S/C16H26N2/c1-14-4-6-15(7-5-14)12-16(2,3)13-18-10-8-17-9-11-18/h4-7,17H,8-13H2,1-3H3. The van der Waals surface area contributed by atoms with Crippen molar-refractivity contribution in [3.8, 4) is 0 Å². The Morgan fingerprint density at radius 3 is 2.33 bits per heavy atom. The number of hydrogen-bond acceptors (Lipinski definition) is 2. The van der Waals surface area contributed by atoms with Crippen molar-refractivity contribution in [1.82, 2.24) is 10.2 Å². The molecule has 0 radical (unpaired) electrons. The largest absolute Gasteiger partial charge is 0.314 e. The van der Waals surface area contributed by atoms with Crippen molar-refractivity contribution in [2.45, 2.75) is 27.2 Å². The fourth-order valence-corrected chi connectivity index (χ4v) is 2.79. The summed E-state index contributed by atoms with van der Waals surface area (Å²) in [6.07, 6.45) is 1.16. The molecule has 0 unspecified atom stereocenters. The first-order valence-electron chi connectivity index (χ1n) is 7.04. The molecular formula is C16H26N2. The Morgan fingerprint density at radius 2 is 1.72 bits per heavy atom. The molecule has 0 bridgehead atoms. The second-order valence-corrected chi connectivity index (χ2v) is 6.35. The number of nitrogens with one attached hydrogen (secondary N) is 1. The van der Waals surface area contributed by atoms with Crippen LogP contribution in [0.4, 0.5) is 0 Å². The summed E-state index contributed by atoms with van der Waals surface area (Å²) in [6.45, 7) is 12.8. The maximum absolute atomic E-state index is 3.41. The van der Waals surface area contributed by atoms with Crippen LogP contribution in [0, 0.1) is 12.3 Å². The molecule has 0 spiro atoms. The number of aryl methyl sites for hydroxylation is 1. The maximum atomic E-state index is 3.41. The molecule has 0 aliphatic carbocycles. The van der Waals surface area contributed by atoms with E-state index in [-0.39, 0.29) is 0 Å². The van der Waals surface area contributed by atoms with E-state index < -0.39 is 0 Å². The summed E-state index contributed by atoms with van der Waals surface area (Å²) in [6, 6.07) is 8.98. The third-order valence-electron chi connectivity index (χ3n) is 3.66. The molecule has 0 aromatic heterocycles. The van der Waals surface area contributed by atoms with Crippen LogP contribution in [0.3, 0.4) is 0 Å². The predicted molar refractivity (Wildman–Crippen MR) is 78.0 cm³/mol. The van der Waals surface area contributed by atoms with Crippen molar-refractivity contribution < 1.29 is 0 Å². The average Bonchev–Trinajstić information content (AvgIpc) is 2.32. The Morgan fingerprint density at radius 1 is 1.11 bits per heavy atom. The zero-order valence-electron chi connectivity index (χ0n) is 12.0. The van der Waals surface area contributed by atoms with Gasteiger partial charge >= 0.3 is 0 Å². The van der Waals surface area contributed by atoms with Gasteiger partial charge in [0, 0.05) is 32.7 Å². The van der Waals surface area contributed by atoms with Crippen LogP contribution in [0.5, 0.6) is 0 Å². The fraction of sp³-hybridized carbons (Fsp3) is 0.625. The van der Waals surface area contributed by atoms with Gasteiger partial charge in [-0.05, 0) is 24.3 Å². The van der Waals surface area contributed by atoms with E-state index in [0.717, 1.165) is 19.5 Å². The molecule has 18 heavy (non-hydrogen) atoms. The second kappa shape index (κ2) is 5.85. The smallest absolute Gasteiger partial charge is 0.0108 e. The number of hydrogen-bond donors (Lipinski definition) is 1. The monoisotopic (exact) mass is 246 g/mol. The molecule has 1 fully saturated rings. The molecule has 0 saturated carbocycles. The van der Waals surface area contributed by atoms with E-state index in [2.05, 4.69) is 55.3 Å². The minimum Gasteiger partial charge on any atom is -0.314 e. The van der Waals surface area contributed by atoms with Gasteiger partial charge in [0.2, 0.25) is 0 Å². The molecule has 1 aliphatic rings. The van der Waals surface area contributed by atoms with Gasteiger partial charge in [0.1, 0.15) is 0 Å². The van der Waals surface area contributed by atoms with E-state index in [1.807, 2.05) is 0 Å². The highest BCUT2D eigenvalue weighted by Gasteiger charge is 2.23. The average molecular weight is 246 g/mol. The van der Waals surface area contributed by atoms with Crippen molar-refractivity contribution in [3.63, 3.8) is 0 Å². The Hall–Kier alpha value is -0.860. The molecule has 0 amide bonds. The summed E-state index contributed by atoms with van der Waals surface area (Å²) in [7, 11) is 0. The van der Waals surface area contributed by atoms with Crippen LogP contribution in [0.2, 0.25) is 0 Å². The molecule has 1 aromatic rings. The van der Waals surface area contributed by atoms with Crippen LogP contribution in [0.25, 0.3) is 0 Å². The summed E-state index contributed by atoms with van der Waals surface area (Å²) in [5, 5.41) is 3.41. The lowest BCUT2D eigenvalue weighted by Crippen LogP contribution is -2.47. The van der Waals surface area contributed by atoms with Crippen LogP contribution in [-0.2, 0) is 6.42 Å². The van der Waals surface area contributed by atoms with E-state index in [1.54, 1.807) is 0 Å². The minimum absolute atomic E-state index is 0.354. The number of rotatable bonds is 4. The Labute approximate surface area is 111 Å². The minimum atomic E-state index is 0.354. The lowest BCUT2D eigenvalue weighted by molar-refractivity contribution is 0.160. The van der Waals surface area contributed by atoms with Gasteiger partial charge in [-0.25, -0.2) is 0 Å². The van der Waals surface area contributed by atoms with E-state index in [0.29, 0.717) is 5.41 Å². The zero-order valence-corrected chi connectivity index (χ0v) is 12.0. The van der Waals surface area contributed by atoms with Crippen LogP contribution >= 0.6 is 0 Å².